The van der Waals surface area contributed by atoms with E-state index in [9.17, 15) is 13.2 Å². The van der Waals surface area contributed by atoms with Crippen molar-refractivity contribution in [1.29, 1.82) is 0 Å². The predicted molar refractivity (Wildman–Crippen MR) is 82.6 cm³/mol. The second-order valence-corrected chi connectivity index (χ2v) is 6.71. The number of hydrogen-bond acceptors (Lipinski definition) is 4. The van der Waals surface area contributed by atoms with Crippen molar-refractivity contribution in [2.75, 3.05) is 6.61 Å². The molecular weight excluding hydrogens is 304 g/mol. The third-order valence-corrected chi connectivity index (χ3v) is 4.59. The summed E-state index contributed by atoms with van der Waals surface area (Å²) < 4.78 is 29.4. The number of hydrogen-bond donors (Lipinski definition) is 2. The van der Waals surface area contributed by atoms with Crippen LogP contribution in [0, 0.1) is 5.92 Å². The van der Waals surface area contributed by atoms with Crippen molar-refractivity contribution >= 4 is 15.9 Å². The fraction of sp³-hybridized carbons (Fsp3) is 0.400. The molecule has 6 nitrogen and oxygen atoms in total. The maximum absolute atomic E-state index is 12.1. The number of allylic oxidation sites excluding steroid dienone is 2. The van der Waals surface area contributed by atoms with Crippen LogP contribution in [0.15, 0.2) is 41.3 Å². The third kappa shape index (κ3) is 4.57. The largest absolute Gasteiger partial charge is 0.494 e. The summed E-state index contributed by atoms with van der Waals surface area (Å²) in [6.45, 7) is 2.36. The molecule has 22 heavy (non-hydrogen) atoms. The summed E-state index contributed by atoms with van der Waals surface area (Å²) >= 11 is 0. The van der Waals surface area contributed by atoms with Gasteiger partial charge in [-0.05, 0) is 49.9 Å². The van der Waals surface area contributed by atoms with Crippen LogP contribution in [-0.2, 0) is 14.8 Å². The molecule has 0 saturated carbocycles. The average molecular weight is 324 g/mol. The number of rotatable bonds is 7. The van der Waals surface area contributed by atoms with Gasteiger partial charge in [-0.1, -0.05) is 12.2 Å². The highest BCUT2D eigenvalue weighted by Gasteiger charge is 2.17. The Labute approximate surface area is 130 Å². The standard InChI is InChI=1S/C15H20N2O4S/c1-2-21-13-7-9-14(10-8-13)22(19,20)17-16-15(18)11-12-5-3-4-6-12/h3,5,7-10,12,17H,2,4,6,11H2,1H3,(H,16,18)/t12-/m1/s1. The van der Waals surface area contributed by atoms with Crippen molar-refractivity contribution in [2.45, 2.75) is 31.1 Å². The first-order chi connectivity index (χ1) is 10.5. The van der Waals surface area contributed by atoms with Crippen molar-refractivity contribution < 1.29 is 17.9 Å². The molecular formula is C15H20N2O4S. The number of nitrogens with one attached hydrogen (secondary N) is 2. The van der Waals surface area contributed by atoms with Crippen LogP contribution in [0.4, 0.5) is 0 Å². The van der Waals surface area contributed by atoms with Crippen molar-refractivity contribution in [3.05, 3.63) is 36.4 Å². The molecule has 0 bridgehead atoms. The lowest BCUT2D eigenvalue weighted by atomic mass is 10.1. The first-order valence-corrected chi connectivity index (χ1v) is 8.70. The average Bonchev–Trinajstić information content (AvgIpc) is 2.99. The van der Waals surface area contributed by atoms with Crippen LogP contribution in [0.2, 0.25) is 0 Å². The molecule has 0 heterocycles. The lowest BCUT2D eigenvalue weighted by Crippen LogP contribution is -2.41. The molecule has 0 aromatic heterocycles. The van der Waals surface area contributed by atoms with Gasteiger partial charge in [0.25, 0.3) is 10.0 Å². The predicted octanol–water partition coefficient (Wildman–Crippen LogP) is 1.75. The minimum absolute atomic E-state index is 0.0667. The molecule has 0 saturated heterocycles. The molecule has 0 unspecified atom stereocenters. The van der Waals surface area contributed by atoms with Gasteiger partial charge in [-0.25, -0.2) is 8.42 Å². The van der Waals surface area contributed by atoms with Gasteiger partial charge < -0.3 is 4.74 Å². The summed E-state index contributed by atoms with van der Waals surface area (Å²) in [5.74, 6) is 0.444. The Hall–Kier alpha value is -1.86. The van der Waals surface area contributed by atoms with Gasteiger partial charge in [0.05, 0.1) is 11.5 Å². The molecule has 1 aromatic carbocycles. The number of ether oxygens (including phenoxy) is 1. The Bertz CT molecular complexity index is 638. The molecule has 120 valence electrons. The second kappa shape index (κ2) is 7.42. The summed E-state index contributed by atoms with van der Waals surface area (Å²) in [5.41, 5.74) is 2.25. The van der Waals surface area contributed by atoms with E-state index in [1.165, 1.54) is 12.1 Å². The van der Waals surface area contributed by atoms with E-state index in [2.05, 4.69) is 10.3 Å². The molecule has 1 amide bonds. The number of hydrazine groups is 1. The van der Waals surface area contributed by atoms with Gasteiger partial charge in [0.2, 0.25) is 5.91 Å². The summed E-state index contributed by atoms with van der Waals surface area (Å²) in [7, 11) is -3.78. The van der Waals surface area contributed by atoms with Gasteiger partial charge in [-0.3, -0.25) is 10.2 Å². The van der Waals surface area contributed by atoms with E-state index in [1.807, 2.05) is 19.1 Å². The SMILES string of the molecule is CCOc1ccc(S(=O)(=O)NNC(=O)C[C@@H]2C=CCC2)cc1. The molecule has 0 radical (unpaired) electrons. The fourth-order valence-electron chi connectivity index (χ4n) is 2.22. The van der Waals surface area contributed by atoms with E-state index in [0.29, 0.717) is 12.4 Å². The van der Waals surface area contributed by atoms with Gasteiger partial charge in [0, 0.05) is 6.42 Å². The van der Waals surface area contributed by atoms with Crippen LogP contribution in [0.1, 0.15) is 26.2 Å². The number of benzene rings is 1. The Morgan fingerprint density at radius 1 is 1.32 bits per heavy atom. The van der Waals surface area contributed by atoms with Crippen LogP contribution in [0.3, 0.4) is 0 Å². The number of amides is 1. The monoisotopic (exact) mass is 324 g/mol. The van der Waals surface area contributed by atoms with Crippen molar-refractivity contribution in [3.8, 4) is 5.75 Å². The zero-order valence-electron chi connectivity index (χ0n) is 12.4. The summed E-state index contributed by atoms with van der Waals surface area (Å²) in [6, 6.07) is 6.00. The Morgan fingerprint density at radius 2 is 2.05 bits per heavy atom. The van der Waals surface area contributed by atoms with E-state index in [4.69, 9.17) is 4.74 Å². The van der Waals surface area contributed by atoms with Crippen molar-refractivity contribution in [1.82, 2.24) is 10.3 Å². The van der Waals surface area contributed by atoms with Crippen LogP contribution < -0.4 is 15.0 Å². The van der Waals surface area contributed by atoms with Gasteiger partial charge in [-0.15, -0.1) is 4.83 Å². The topological polar surface area (TPSA) is 84.5 Å². The van der Waals surface area contributed by atoms with Gasteiger partial charge in [-0.2, -0.15) is 0 Å². The lowest BCUT2D eigenvalue weighted by molar-refractivity contribution is -0.122. The first-order valence-electron chi connectivity index (χ1n) is 7.21. The van der Waals surface area contributed by atoms with Gasteiger partial charge in [0.1, 0.15) is 5.75 Å². The summed E-state index contributed by atoms with van der Waals surface area (Å²) in [4.78, 5) is 13.9. The van der Waals surface area contributed by atoms with E-state index < -0.39 is 10.0 Å². The Kier molecular flexibility index (Phi) is 5.57. The Morgan fingerprint density at radius 3 is 2.64 bits per heavy atom. The minimum atomic E-state index is -3.78. The zero-order chi connectivity index (χ0) is 16.0. The van der Waals surface area contributed by atoms with E-state index >= 15 is 0 Å². The normalized spacial score (nSPS) is 17.4. The lowest BCUT2D eigenvalue weighted by Gasteiger charge is -2.11. The van der Waals surface area contributed by atoms with Crippen LogP contribution >= 0.6 is 0 Å². The fourth-order valence-corrected chi connectivity index (χ4v) is 3.08. The molecule has 2 rings (SSSR count). The maximum Gasteiger partial charge on any atom is 0.257 e. The molecule has 1 aliphatic rings. The molecule has 0 spiro atoms. The molecule has 1 aromatic rings. The highest BCUT2D eigenvalue weighted by molar-refractivity contribution is 7.89. The van der Waals surface area contributed by atoms with Crippen molar-refractivity contribution in [2.24, 2.45) is 5.92 Å². The molecule has 7 heteroatoms. The molecule has 1 aliphatic carbocycles. The van der Waals surface area contributed by atoms with E-state index in [0.717, 1.165) is 12.8 Å². The maximum atomic E-state index is 12.1. The molecule has 2 N–H and O–H groups in total. The quantitative estimate of drug-likeness (QED) is 0.591. The van der Waals surface area contributed by atoms with E-state index in [-0.39, 0.29) is 23.1 Å². The minimum Gasteiger partial charge on any atom is -0.494 e. The summed E-state index contributed by atoms with van der Waals surface area (Å²) in [6.07, 6.45) is 6.19. The number of sulfonamides is 1. The van der Waals surface area contributed by atoms with Crippen molar-refractivity contribution in [3.63, 3.8) is 0 Å². The van der Waals surface area contributed by atoms with Crippen LogP contribution in [0.5, 0.6) is 5.75 Å². The third-order valence-electron chi connectivity index (χ3n) is 3.33. The van der Waals surface area contributed by atoms with Crippen LogP contribution in [0.25, 0.3) is 0 Å². The summed E-state index contributed by atoms with van der Waals surface area (Å²) in [5, 5.41) is 0. The smallest absolute Gasteiger partial charge is 0.257 e. The zero-order valence-corrected chi connectivity index (χ0v) is 13.2. The van der Waals surface area contributed by atoms with Gasteiger partial charge >= 0.3 is 0 Å². The Balaban J connectivity index is 1.89. The number of carbonyl (C=O) groups excluding carboxylic acids is 1. The van der Waals surface area contributed by atoms with Crippen LogP contribution in [-0.4, -0.2) is 20.9 Å². The number of carbonyl (C=O) groups is 1. The highest BCUT2D eigenvalue weighted by atomic mass is 32.2. The molecule has 1 atom stereocenters. The second-order valence-electron chi connectivity index (χ2n) is 5.03. The van der Waals surface area contributed by atoms with E-state index in [1.54, 1.807) is 12.1 Å². The van der Waals surface area contributed by atoms with Gasteiger partial charge in [0.15, 0.2) is 0 Å². The molecule has 0 aliphatic heterocycles. The first kappa shape index (κ1) is 16.5. The highest BCUT2D eigenvalue weighted by Crippen LogP contribution is 2.20. The molecule has 0 fully saturated rings.